The van der Waals surface area contributed by atoms with Crippen LogP contribution in [0.4, 0.5) is 0 Å². The van der Waals surface area contributed by atoms with Gasteiger partial charge < -0.3 is 9.47 Å². The lowest BCUT2D eigenvalue weighted by molar-refractivity contribution is -0.682. The second kappa shape index (κ2) is 11.3. The van der Waals surface area contributed by atoms with E-state index in [0.717, 1.165) is 33.6 Å². The summed E-state index contributed by atoms with van der Waals surface area (Å²) in [7, 11) is 0. The van der Waals surface area contributed by atoms with Gasteiger partial charge in [-0.3, -0.25) is 9.59 Å². The van der Waals surface area contributed by atoms with Crippen LogP contribution in [-0.2, 0) is 25.6 Å². The van der Waals surface area contributed by atoms with Crippen LogP contribution in [0.15, 0.2) is 103 Å². The third-order valence-electron chi connectivity index (χ3n) is 5.60. The molecule has 0 aliphatic heterocycles. The molecule has 0 amide bonds. The van der Waals surface area contributed by atoms with Crippen LogP contribution in [0.25, 0.3) is 33.6 Å². The quantitative estimate of drug-likeness (QED) is 0.255. The molecular weight excluding hydrogens is 438 g/mol. The highest BCUT2D eigenvalue weighted by Gasteiger charge is 2.28. The molecule has 0 saturated heterocycles. The zero-order valence-electron chi connectivity index (χ0n) is 19.9. The van der Waals surface area contributed by atoms with Crippen molar-refractivity contribution in [3.05, 3.63) is 103 Å². The van der Waals surface area contributed by atoms with Gasteiger partial charge in [0.2, 0.25) is 11.4 Å². The van der Waals surface area contributed by atoms with Gasteiger partial charge in [0.15, 0.2) is 12.6 Å². The molecule has 0 spiro atoms. The lowest BCUT2D eigenvalue weighted by atomic mass is 9.99. The summed E-state index contributed by atoms with van der Waals surface area (Å²) in [6, 6.07) is 34.7. The van der Waals surface area contributed by atoms with Crippen LogP contribution in [0, 0.1) is 0 Å². The van der Waals surface area contributed by atoms with Crippen molar-refractivity contribution in [3.8, 4) is 33.6 Å². The molecule has 0 aliphatic rings. The molecule has 5 heteroatoms. The molecule has 3 aromatic carbocycles. The summed E-state index contributed by atoms with van der Waals surface area (Å²) in [4.78, 5) is 23.4. The number of carbonyl (C=O) groups is 2. The van der Waals surface area contributed by atoms with Gasteiger partial charge in [-0.1, -0.05) is 66.7 Å². The van der Waals surface area contributed by atoms with Crippen LogP contribution in [0.3, 0.4) is 0 Å². The van der Waals surface area contributed by atoms with Crippen LogP contribution >= 0.6 is 0 Å². The topological polar surface area (TPSA) is 56.5 Å². The Morgan fingerprint density at radius 1 is 0.657 bits per heavy atom. The van der Waals surface area contributed by atoms with E-state index < -0.39 is 18.0 Å². The predicted molar refractivity (Wildman–Crippen MR) is 135 cm³/mol. The van der Waals surface area contributed by atoms with Gasteiger partial charge in [0.05, 0.1) is 0 Å². The molecule has 0 N–H and O–H groups in total. The average Bonchev–Trinajstić information content (AvgIpc) is 2.88. The molecule has 1 aromatic heterocycles. The third kappa shape index (κ3) is 6.21. The van der Waals surface area contributed by atoms with Gasteiger partial charge in [-0.15, -0.1) is 0 Å². The number of hydrogen-bond donors (Lipinski definition) is 0. The second-order valence-corrected chi connectivity index (χ2v) is 8.26. The van der Waals surface area contributed by atoms with Gasteiger partial charge in [-0.25, -0.2) is 0 Å². The fourth-order valence-electron chi connectivity index (χ4n) is 4.08. The second-order valence-electron chi connectivity index (χ2n) is 8.26. The largest absolute Gasteiger partial charge is 0.462 e. The average molecular weight is 467 g/mol. The Morgan fingerprint density at radius 2 is 1.11 bits per heavy atom. The van der Waals surface area contributed by atoms with Crippen molar-refractivity contribution in [1.29, 1.82) is 0 Å². The van der Waals surface area contributed by atoms with Crippen LogP contribution in [0.2, 0.25) is 0 Å². The van der Waals surface area contributed by atoms with E-state index >= 15 is 0 Å². The Morgan fingerprint density at radius 3 is 1.54 bits per heavy atom. The Kier molecular flexibility index (Phi) is 7.68. The zero-order chi connectivity index (χ0) is 24.6. The number of ether oxygens (including phenoxy) is 2. The van der Waals surface area contributed by atoms with E-state index in [2.05, 4.69) is 53.1 Å². The maximum Gasteiger partial charge on any atom is 0.303 e. The summed E-state index contributed by atoms with van der Waals surface area (Å²) in [6.45, 7) is 3.00. The molecule has 35 heavy (non-hydrogen) atoms. The Labute approximate surface area is 205 Å². The first-order valence-corrected chi connectivity index (χ1v) is 11.6. The van der Waals surface area contributed by atoms with Crippen LogP contribution < -0.4 is 4.57 Å². The number of carbonyl (C=O) groups excluding carboxylic acids is 2. The lowest BCUT2D eigenvalue weighted by Crippen LogP contribution is -2.46. The van der Waals surface area contributed by atoms with Crippen molar-refractivity contribution in [2.24, 2.45) is 0 Å². The molecule has 0 radical (unpaired) electrons. The highest BCUT2D eigenvalue weighted by Crippen LogP contribution is 2.29. The van der Waals surface area contributed by atoms with E-state index in [1.54, 1.807) is 0 Å². The standard InChI is InChI=1S/C30H28NO4/c1-22(32)34-21-28(35-23(2)33)20-31-29(25-14-8-4-9-15-25)18-27(24-12-6-3-7-13-24)19-30(31)26-16-10-5-11-17-26/h3-19,28H,20-21H2,1-2H3/q+1. The SMILES string of the molecule is CC(=O)OCC(C[n+]1c(-c2ccccc2)cc(-c2ccccc2)cc1-c1ccccc1)OC(C)=O. The van der Waals surface area contributed by atoms with Crippen molar-refractivity contribution in [2.75, 3.05) is 6.61 Å². The molecule has 4 aromatic rings. The zero-order valence-corrected chi connectivity index (χ0v) is 19.9. The maximum absolute atomic E-state index is 11.9. The number of esters is 2. The van der Waals surface area contributed by atoms with Crippen molar-refractivity contribution in [3.63, 3.8) is 0 Å². The van der Waals surface area contributed by atoms with Crippen molar-refractivity contribution in [2.45, 2.75) is 26.5 Å². The van der Waals surface area contributed by atoms with Gasteiger partial charge in [0.1, 0.15) is 6.61 Å². The molecular formula is C30H28NO4+. The number of pyridine rings is 1. The predicted octanol–water partition coefficient (Wildman–Crippen LogP) is 5.47. The molecule has 1 heterocycles. The molecule has 0 bridgehead atoms. The molecule has 176 valence electrons. The summed E-state index contributed by atoms with van der Waals surface area (Å²) in [6.07, 6.45) is -0.645. The molecule has 1 unspecified atom stereocenters. The Hall–Kier alpha value is -4.25. The highest BCUT2D eigenvalue weighted by atomic mass is 16.6. The van der Waals surface area contributed by atoms with E-state index in [9.17, 15) is 9.59 Å². The van der Waals surface area contributed by atoms with E-state index in [1.807, 2.05) is 54.6 Å². The van der Waals surface area contributed by atoms with Gasteiger partial charge in [0, 0.05) is 37.1 Å². The minimum Gasteiger partial charge on any atom is -0.462 e. The number of nitrogens with zero attached hydrogens (tertiary/aromatic N) is 1. The summed E-state index contributed by atoms with van der Waals surface area (Å²) >= 11 is 0. The summed E-state index contributed by atoms with van der Waals surface area (Å²) in [5.41, 5.74) is 6.15. The maximum atomic E-state index is 11.9. The number of benzene rings is 3. The molecule has 4 rings (SSSR count). The number of aromatic nitrogens is 1. The van der Waals surface area contributed by atoms with Gasteiger partial charge in [0.25, 0.3) is 0 Å². The minimum absolute atomic E-state index is 0.0230. The van der Waals surface area contributed by atoms with Crippen LogP contribution in [0.5, 0.6) is 0 Å². The van der Waals surface area contributed by atoms with Crippen molar-refractivity contribution in [1.82, 2.24) is 0 Å². The minimum atomic E-state index is -0.645. The van der Waals surface area contributed by atoms with E-state index in [0.29, 0.717) is 6.54 Å². The normalized spacial score (nSPS) is 11.5. The third-order valence-corrected chi connectivity index (χ3v) is 5.60. The first-order chi connectivity index (χ1) is 17.0. The van der Waals surface area contributed by atoms with Gasteiger partial charge >= 0.3 is 11.9 Å². The summed E-state index contributed by atoms with van der Waals surface area (Å²) in [5, 5.41) is 0. The molecule has 5 nitrogen and oxygen atoms in total. The van der Waals surface area contributed by atoms with E-state index in [-0.39, 0.29) is 6.61 Å². The summed E-state index contributed by atoms with van der Waals surface area (Å²) < 4.78 is 12.9. The van der Waals surface area contributed by atoms with Crippen molar-refractivity contribution < 1.29 is 23.6 Å². The number of rotatable bonds is 8. The van der Waals surface area contributed by atoms with Crippen molar-refractivity contribution >= 4 is 11.9 Å². The molecule has 0 saturated carbocycles. The summed E-state index contributed by atoms with van der Waals surface area (Å²) in [5.74, 6) is -0.843. The first-order valence-electron chi connectivity index (χ1n) is 11.6. The van der Waals surface area contributed by atoms with Crippen LogP contribution in [0.1, 0.15) is 13.8 Å². The lowest BCUT2D eigenvalue weighted by Gasteiger charge is -2.18. The van der Waals surface area contributed by atoms with E-state index in [4.69, 9.17) is 9.47 Å². The first kappa shape index (κ1) is 23.9. The fraction of sp³-hybridized carbons (Fsp3) is 0.167. The van der Waals surface area contributed by atoms with Gasteiger partial charge in [-0.2, -0.15) is 4.57 Å². The molecule has 0 aliphatic carbocycles. The Bertz CT molecular complexity index is 1230. The highest BCUT2D eigenvalue weighted by molar-refractivity contribution is 5.73. The molecule has 1 atom stereocenters. The van der Waals surface area contributed by atoms with Gasteiger partial charge in [-0.05, 0) is 35.4 Å². The van der Waals surface area contributed by atoms with Crippen LogP contribution in [-0.4, -0.2) is 24.6 Å². The Balaban J connectivity index is 1.93. The van der Waals surface area contributed by atoms with E-state index in [1.165, 1.54) is 13.8 Å². The number of hydrogen-bond acceptors (Lipinski definition) is 4. The monoisotopic (exact) mass is 466 g/mol. The fourth-order valence-corrected chi connectivity index (χ4v) is 4.08. The molecule has 0 fully saturated rings. The smallest absolute Gasteiger partial charge is 0.303 e.